The molecule has 2 aromatic heterocycles. The molecule has 10 nitrogen and oxygen atoms in total. The van der Waals surface area contributed by atoms with Crippen LogP contribution in [0.4, 0.5) is 8.78 Å². The van der Waals surface area contributed by atoms with Crippen LogP contribution in [-0.2, 0) is 24.3 Å². The van der Waals surface area contributed by atoms with E-state index < -0.39 is 30.8 Å². The van der Waals surface area contributed by atoms with Gasteiger partial charge in [-0.05, 0) is 30.5 Å². The molecule has 1 fully saturated rings. The number of rotatable bonds is 9. The Morgan fingerprint density at radius 2 is 2.08 bits per heavy atom. The summed E-state index contributed by atoms with van der Waals surface area (Å²) in [6.07, 6.45) is 2.64. The van der Waals surface area contributed by atoms with Crippen molar-refractivity contribution in [2.75, 3.05) is 20.1 Å². The van der Waals surface area contributed by atoms with Crippen LogP contribution in [0.1, 0.15) is 42.3 Å². The molecule has 36 heavy (non-hydrogen) atoms. The maximum atomic E-state index is 14.1. The lowest BCUT2D eigenvalue weighted by atomic mass is 9.95. The van der Waals surface area contributed by atoms with Crippen molar-refractivity contribution >= 4 is 11.7 Å². The van der Waals surface area contributed by atoms with Crippen LogP contribution in [0.2, 0.25) is 0 Å². The Bertz CT molecular complexity index is 1200. The molecule has 2 aromatic rings. The standard InChI is InChI=1S/C24H33F2N7O3/c1-4-5-16-8-21(34)33(29-10-16)13-20(31(3)28)22(27)19-7-6-17(15(2)30-19)11-32-12-18(23(35)36)9-24(25,26)14-32/h6-8,10,18H,4-5,9,11-14,27-28H2,1-3H3,(H,35,36)/b22-20-. The van der Waals surface area contributed by atoms with Gasteiger partial charge in [0.1, 0.15) is 0 Å². The summed E-state index contributed by atoms with van der Waals surface area (Å²) in [5.74, 6) is 0.575. The van der Waals surface area contributed by atoms with Gasteiger partial charge in [-0.3, -0.25) is 19.5 Å². The molecule has 0 bridgehead atoms. The van der Waals surface area contributed by atoms with Gasteiger partial charge in [0.05, 0.1) is 42.3 Å². The number of aryl methyl sites for hydroxylation is 2. The van der Waals surface area contributed by atoms with Crippen LogP contribution < -0.4 is 17.1 Å². The van der Waals surface area contributed by atoms with E-state index in [2.05, 4.69) is 10.1 Å². The zero-order chi connectivity index (χ0) is 26.6. The molecule has 1 aliphatic rings. The summed E-state index contributed by atoms with van der Waals surface area (Å²) in [6, 6.07) is 4.92. The molecule has 0 aromatic carbocycles. The second kappa shape index (κ2) is 11.1. The molecule has 0 spiro atoms. The zero-order valence-electron chi connectivity index (χ0n) is 20.7. The number of likely N-dealkylation sites (N-methyl/N-ethyl adjacent to an activating group) is 1. The number of halogens is 2. The number of hydrogen-bond donors (Lipinski definition) is 3. The van der Waals surface area contributed by atoms with E-state index in [9.17, 15) is 23.5 Å². The number of piperidine rings is 1. The summed E-state index contributed by atoms with van der Waals surface area (Å²) < 4.78 is 29.4. The van der Waals surface area contributed by atoms with Gasteiger partial charge in [0.25, 0.3) is 11.5 Å². The summed E-state index contributed by atoms with van der Waals surface area (Å²) in [5, 5.41) is 14.8. The Kier molecular flexibility index (Phi) is 8.41. The largest absolute Gasteiger partial charge is 0.481 e. The molecule has 1 saturated heterocycles. The molecule has 3 rings (SSSR count). The number of aromatic nitrogens is 3. The smallest absolute Gasteiger partial charge is 0.308 e. The lowest BCUT2D eigenvalue weighted by Gasteiger charge is -2.36. The molecule has 1 atom stereocenters. The van der Waals surface area contributed by atoms with Gasteiger partial charge in [-0.2, -0.15) is 5.10 Å². The Hall–Kier alpha value is -3.38. The lowest BCUT2D eigenvalue weighted by molar-refractivity contribution is -0.153. The number of alkyl halides is 2. The number of aliphatic carboxylic acids is 1. The van der Waals surface area contributed by atoms with E-state index >= 15 is 0 Å². The first-order valence-corrected chi connectivity index (χ1v) is 11.7. The fraction of sp³-hybridized carbons (Fsp3) is 0.500. The molecule has 0 saturated carbocycles. The minimum atomic E-state index is -3.07. The van der Waals surface area contributed by atoms with Gasteiger partial charge in [-0.15, -0.1) is 0 Å². The van der Waals surface area contributed by atoms with Crippen molar-refractivity contribution in [1.82, 2.24) is 24.7 Å². The van der Waals surface area contributed by atoms with Gasteiger partial charge in [0.2, 0.25) is 0 Å². The minimum Gasteiger partial charge on any atom is -0.481 e. The van der Waals surface area contributed by atoms with Crippen molar-refractivity contribution < 1.29 is 18.7 Å². The van der Waals surface area contributed by atoms with Crippen LogP contribution in [0.15, 0.2) is 34.9 Å². The van der Waals surface area contributed by atoms with Gasteiger partial charge in [-0.25, -0.2) is 19.3 Å². The number of allylic oxidation sites excluding steroid dienone is 1. The van der Waals surface area contributed by atoms with E-state index in [4.69, 9.17) is 11.6 Å². The van der Waals surface area contributed by atoms with Crippen LogP contribution in [-0.4, -0.2) is 61.8 Å². The zero-order valence-corrected chi connectivity index (χ0v) is 20.7. The quantitative estimate of drug-likeness (QED) is 0.342. The van der Waals surface area contributed by atoms with Crippen molar-refractivity contribution in [3.63, 3.8) is 0 Å². The third-order valence-electron chi connectivity index (χ3n) is 6.19. The van der Waals surface area contributed by atoms with Crippen molar-refractivity contribution in [2.45, 2.75) is 52.1 Å². The van der Waals surface area contributed by atoms with Crippen molar-refractivity contribution in [1.29, 1.82) is 0 Å². The molecular formula is C24H33F2N7O3. The number of carboxylic acid groups (broad SMARTS) is 1. The van der Waals surface area contributed by atoms with Gasteiger partial charge in [-0.1, -0.05) is 19.4 Å². The van der Waals surface area contributed by atoms with E-state index in [1.165, 1.54) is 20.7 Å². The van der Waals surface area contributed by atoms with E-state index in [-0.39, 0.29) is 30.9 Å². The van der Waals surface area contributed by atoms with Gasteiger partial charge in [0, 0.05) is 38.3 Å². The molecule has 3 heterocycles. The molecule has 1 unspecified atom stereocenters. The molecule has 0 radical (unpaired) electrons. The Morgan fingerprint density at radius 3 is 2.67 bits per heavy atom. The van der Waals surface area contributed by atoms with Gasteiger partial charge < -0.3 is 15.8 Å². The second-order valence-corrected chi connectivity index (χ2v) is 9.29. The van der Waals surface area contributed by atoms with E-state index in [1.807, 2.05) is 6.92 Å². The van der Waals surface area contributed by atoms with Crippen molar-refractivity contribution in [3.8, 4) is 0 Å². The summed E-state index contributed by atoms with van der Waals surface area (Å²) in [7, 11) is 1.59. The highest BCUT2D eigenvalue weighted by Gasteiger charge is 2.43. The fourth-order valence-corrected chi connectivity index (χ4v) is 4.32. The summed E-state index contributed by atoms with van der Waals surface area (Å²) >= 11 is 0. The first kappa shape index (κ1) is 27.2. The highest BCUT2D eigenvalue weighted by Crippen LogP contribution is 2.31. The lowest BCUT2D eigenvalue weighted by Crippen LogP contribution is -2.48. The molecular weight excluding hydrogens is 472 g/mol. The highest BCUT2D eigenvalue weighted by molar-refractivity contribution is 5.70. The number of carbonyl (C=O) groups is 1. The van der Waals surface area contributed by atoms with Crippen molar-refractivity contribution in [3.05, 3.63) is 63.0 Å². The Labute approximate surface area is 208 Å². The maximum absolute atomic E-state index is 14.1. The SMILES string of the molecule is CCCc1cnn(C/C(=C(/N)c2ccc(CN3CC(C(=O)O)CC(F)(F)C3)c(C)n2)N(C)N)c(=O)c1. The summed E-state index contributed by atoms with van der Waals surface area (Å²) in [6.45, 7) is 3.44. The van der Waals surface area contributed by atoms with E-state index in [0.29, 0.717) is 22.6 Å². The molecule has 12 heteroatoms. The molecule has 0 aliphatic carbocycles. The first-order chi connectivity index (χ1) is 16.9. The van der Waals surface area contributed by atoms with Crippen LogP contribution in [0, 0.1) is 12.8 Å². The van der Waals surface area contributed by atoms with E-state index in [1.54, 1.807) is 32.3 Å². The maximum Gasteiger partial charge on any atom is 0.308 e. The topological polar surface area (TPSA) is 144 Å². The number of hydrogen-bond acceptors (Lipinski definition) is 8. The molecule has 0 amide bonds. The van der Waals surface area contributed by atoms with Crippen molar-refractivity contribution in [2.24, 2.45) is 17.5 Å². The van der Waals surface area contributed by atoms with Crippen LogP contribution in [0.3, 0.4) is 0 Å². The predicted octanol–water partition coefficient (Wildman–Crippen LogP) is 1.57. The van der Waals surface area contributed by atoms with E-state index in [0.717, 1.165) is 18.4 Å². The third kappa shape index (κ3) is 6.64. The van der Waals surface area contributed by atoms with Crippen LogP contribution >= 0.6 is 0 Å². The molecule has 1 aliphatic heterocycles. The number of likely N-dealkylation sites (tertiary alicyclic amines) is 1. The number of nitrogens with zero attached hydrogens (tertiary/aromatic N) is 5. The Morgan fingerprint density at radius 1 is 1.36 bits per heavy atom. The number of carboxylic acids is 1. The number of pyridine rings is 1. The predicted molar refractivity (Wildman–Crippen MR) is 130 cm³/mol. The molecule has 196 valence electrons. The average molecular weight is 506 g/mol. The Balaban J connectivity index is 1.83. The first-order valence-electron chi connectivity index (χ1n) is 11.7. The summed E-state index contributed by atoms with van der Waals surface area (Å²) in [4.78, 5) is 29.8. The monoisotopic (exact) mass is 505 g/mol. The van der Waals surface area contributed by atoms with Crippen LogP contribution in [0.5, 0.6) is 0 Å². The number of nitrogens with two attached hydrogens (primary N) is 2. The average Bonchev–Trinajstić information content (AvgIpc) is 2.78. The second-order valence-electron chi connectivity index (χ2n) is 9.29. The third-order valence-corrected chi connectivity index (χ3v) is 6.19. The van der Waals surface area contributed by atoms with Gasteiger partial charge in [0.15, 0.2) is 0 Å². The van der Waals surface area contributed by atoms with Crippen LogP contribution in [0.25, 0.3) is 5.70 Å². The fourth-order valence-electron chi connectivity index (χ4n) is 4.32. The summed E-state index contributed by atoms with van der Waals surface area (Å²) in [5.41, 5.74) is 9.29. The minimum absolute atomic E-state index is 0.0337. The van der Waals surface area contributed by atoms with Gasteiger partial charge >= 0.3 is 5.97 Å². The number of hydrazine groups is 1. The highest BCUT2D eigenvalue weighted by atomic mass is 19.3. The normalized spacial score (nSPS) is 18.6. The molecule has 5 N–H and O–H groups in total.